The zero-order chi connectivity index (χ0) is 26.2. The fraction of sp³-hybridized carbons (Fsp3) is 0.571. The molecule has 3 aromatic rings. The second kappa shape index (κ2) is 13.3. The van der Waals surface area contributed by atoms with Gasteiger partial charge in [-0.15, -0.1) is 0 Å². The van der Waals surface area contributed by atoms with Crippen LogP contribution in [0.5, 0.6) is 5.75 Å². The number of fused-ring (bicyclic) bond motifs is 1. The van der Waals surface area contributed by atoms with Gasteiger partial charge in [-0.2, -0.15) is 21.8 Å². The molecule has 1 saturated carbocycles. The second-order valence-electron chi connectivity index (χ2n) is 10.5. The highest BCUT2D eigenvalue weighted by Gasteiger charge is 2.18. The van der Waals surface area contributed by atoms with E-state index in [9.17, 15) is 4.79 Å². The third-order valence-corrected chi connectivity index (χ3v) is 8.65. The van der Waals surface area contributed by atoms with Gasteiger partial charge < -0.3 is 20.3 Å². The lowest BCUT2D eigenvalue weighted by Crippen LogP contribution is -2.48. The van der Waals surface area contributed by atoms with Gasteiger partial charge in [0.2, 0.25) is 12.4 Å². The molecule has 2 saturated heterocycles. The number of hydrogen-bond acceptors (Lipinski definition) is 8. The predicted octanol–water partition coefficient (Wildman–Crippen LogP) is 4.13. The number of aromatic nitrogens is 4. The lowest BCUT2D eigenvalue weighted by molar-refractivity contribution is -0.119. The number of nitrogens with one attached hydrogen (secondary N) is 2. The van der Waals surface area contributed by atoms with Crippen LogP contribution in [0.3, 0.4) is 0 Å². The van der Waals surface area contributed by atoms with E-state index in [1.807, 2.05) is 40.8 Å². The van der Waals surface area contributed by atoms with Crippen molar-refractivity contribution < 1.29 is 9.53 Å². The molecule has 2 unspecified atom stereocenters. The van der Waals surface area contributed by atoms with Crippen molar-refractivity contribution in [2.75, 3.05) is 43.1 Å². The Morgan fingerprint density at radius 3 is 2.87 bits per heavy atom. The molecule has 2 aromatic heterocycles. The van der Waals surface area contributed by atoms with Gasteiger partial charge in [-0.05, 0) is 49.8 Å². The van der Waals surface area contributed by atoms with Crippen molar-refractivity contribution in [2.24, 2.45) is 5.92 Å². The van der Waals surface area contributed by atoms with Gasteiger partial charge in [-0.1, -0.05) is 25.3 Å². The molecular weight excluding hydrogens is 498 g/mol. The van der Waals surface area contributed by atoms with Crippen LogP contribution in [-0.2, 0) is 4.79 Å². The van der Waals surface area contributed by atoms with Crippen LogP contribution in [0.25, 0.3) is 16.7 Å². The molecule has 1 aromatic carbocycles. The number of rotatable bonds is 7. The quantitative estimate of drug-likeness (QED) is 0.435. The molecule has 1 amide bonds. The van der Waals surface area contributed by atoms with Gasteiger partial charge in [0, 0.05) is 49.9 Å². The third-order valence-electron chi connectivity index (χ3n) is 7.42. The maximum Gasteiger partial charge on any atom is 0.224 e. The Morgan fingerprint density at radius 1 is 1.21 bits per heavy atom. The lowest BCUT2D eigenvalue weighted by atomic mass is 9.96. The number of ether oxygens (including phenoxy) is 1. The van der Waals surface area contributed by atoms with Crippen molar-refractivity contribution in [2.45, 2.75) is 57.5 Å². The summed E-state index contributed by atoms with van der Waals surface area (Å²) >= 11 is 2.02. The molecule has 204 valence electrons. The summed E-state index contributed by atoms with van der Waals surface area (Å²) in [6.07, 6.45) is 12.1. The van der Waals surface area contributed by atoms with Gasteiger partial charge in [0.25, 0.3) is 0 Å². The van der Waals surface area contributed by atoms with E-state index in [2.05, 4.69) is 33.7 Å². The molecular formula is C28H39N7O2S. The van der Waals surface area contributed by atoms with Crippen molar-refractivity contribution in [3.05, 3.63) is 36.7 Å². The Balaban J connectivity index is 0.000000278. The molecule has 10 heteroatoms. The number of anilines is 1. The zero-order valence-electron chi connectivity index (χ0n) is 22.2. The second-order valence-corrected chi connectivity index (χ2v) is 11.6. The first-order chi connectivity index (χ1) is 18.7. The van der Waals surface area contributed by atoms with E-state index in [4.69, 9.17) is 9.72 Å². The fourth-order valence-corrected chi connectivity index (χ4v) is 6.54. The summed E-state index contributed by atoms with van der Waals surface area (Å²) in [4.78, 5) is 21.2. The van der Waals surface area contributed by atoms with Crippen molar-refractivity contribution in [3.63, 3.8) is 0 Å². The van der Waals surface area contributed by atoms with Crippen LogP contribution in [0.15, 0.2) is 36.7 Å². The zero-order valence-corrected chi connectivity index (χ0v) is 23.0. The normalized spacial score (nSPS) is 22.1. The van der Waals surface area contributed by atoms with Crippen LogP contribution in [0.1, 0.15) is 45.4 Å². The van der Waals surface area contributed by atoms with Gasteiger partial charge in [0.15, 0.2) is 5.82 Å². The number of piperazine rings is 1. The van der Waals surface area contributed by atoms with Crippen LogP contribution in [0, 0.1) is 5.92 Å². The van der Waals surface area contributed by atoms with Gasteiger partial charge >= 0.3 is 0 Å². The molecule has 0 spiro atoms. The van der Waals surface area contributed by atoms with E-state index in [1.54, 1.807) is 11.1 Å². The van der Waals surface area contributed by atoms with E-state index >= 15 is 0 Å². The SMILES string of the molecule is CC1CN(C=O)CCN1.c1cc(OCC2CCSC2)c2cnn(-c3ccnc(NC4CCCCC4)n3)c2c1. The van der Waals surface area contributed by atoms with Gasteiger partial charge in [-0.3, -0.25) is 4.79 Å². The summed E-state index contributed by atoms with van der Waals surface area (Å²) in [6, 6.07) is 8.97. The Kier molecular flexibility index (Phi) is 9.35. The minimum Gasteiger partial charge on any atom is -0.493 e. The number of carbonyl (C=O) groups excluding carboxylic acids is 1. The summed E-state index contributed by atoms with van der Waals surface area (Å²) in [7, 11) is 0. The Morgan fingerprint density at radius 2 is 2.11 bits per heavy atom. The highest BCUT2D eigenvalue weighted by Crippen LogP contribution is 2.29. The first-order valence-electron chi connectivity index (χ1n) is 13.9. The van der Waals surface area contributed by atoms with Crippen molar-refractivity contribution >= 4 is 35.0 Å². The van der Waals surface area contributed by atoms with E-state index in [0.717, 1.165) is 55.1 Å². The number of hydrogen-bond donors (Lipinski definition) is 2. The molecule has 6 rings (SSSR count). The number of thioether (sulfide) groups is 1. The molecule has 2 atom stereocenters. The van der Waals surface area contributed by atoms with E-state index in [1.165, 1.54) is 50.0 Å². The molecule has 4 heterocycles. The molecule has 1 aliphatic carbocycles. The minimum atomic E-state index is 0.462. The lowest BCUT2D eigenvalue weighted by Gasteiger charge is -2.28. The van der Waals surface area contributed by atoms with Gasteiger partial charge in [-0.25, -0.2) is 9.67 Å². The summed E-state index contributed by atoms with van der Waals surface area (Å²) in [5, 5.41) is 12.4. The van der Waals surface area contributed by atoms with Crippen LogP contribution in [0.4, 0.5) is 5.95 Å². The molecule has 3 fully saturated rings. The predicted molar refractivity (Wildman–Crippen MR) is 153 cm³/mol. The smallest absolute Gasteiger partial charge is 0.224 e. The Hall–Kier alpha value is -2.85. The number of nitrogens with zero attached hydrogens (tertiary/aromatic N) is 5. The van der Waals surface area contributed by atoms with Crippen molar-refractivity contribution in [3.8, 4) is 11.6 Å². The number of benzene rings is 1. The molecule has 2 aliphatic heterocycles. The molecule has 38 heavy (non-hydrogen) atoms. The Labute approximate surface area is 229 Å². The molecule has 0 bridgehead atoms. The molecule has 3 aliphatic rings. The first-order valence-corrected chi connectivity index (χ1v) is 15.0. The molecule has 2 N–H and O–H groups in total. The standard InChI is InChI=1S/C22H27N5OS.C6H12N2O/c1-2-5-17(6-3-1)25-22-23-11-9-21(26-22)27-19-7-4-8-20(18(19)13-24-27)28-14-16-10-12-29-15-16;1-6-4-8(5-9)3-2-7-6/h4,7-9,11,13,16-17H,1-3,5-6,10,12,14-15H2,(H,23,25,26);5-7H,2-4H2,1H3. The topological polar surface area (TPSA) is 97.2 Å². The van der Waals surface area contributed by atoms with Crippen LogP contribution < -0.4 is 15.4 Å². The number of amides is 1. The average molecular weight is 538 g/mol. The maximum atomic E-state index is 10.2. The van der Waals surface area contributed by atoms with Crippen molar-refractivity contribution in [1.29, 1.82) is 0 Å². The highest BCUT2D eigenvalue weighted by atomic mass is 32.2. The van der Waals surface area contributed by atoms with Gasteiger partial charge in [0.05, 0.1) is 23.7 Å². The first kappa shape index (κ1) is 26.7. The monoisotopic (exact) mass is 537 g/mol. The van der Waals surface area contributed by atoms with Crippen LogP contribution in [0.2, 0.25) is 0 Å². The summed E-state index contributed by atoms with van der Waals surface area (Å²) in [5.41, 5.74) is 1.01. The maximum absolute atomic E-state index is 10.2. The largest absolute Gasteiger partial charge is 0.493 e. The van der Waals surface area contributed by atoms with Crippen LogP contribution in [-0.4, -0.2) is 80.9 Å². The Bertz CT molecular complexity index is 1180. The van der Waals surface area contributed by atoms with Crippen molar-refractivity contribution in [1.82, 2.24) is 30.0 Å². The highest BCUT2D eigenvalue weighted by molar-refractivity contribution is 7.99. The number of carbonyl (C=O) groups is 1. The van der Waals surface area contributed by atoms with E-state index in [0.29, 0.717) is 23.9 Å². The van der Waals surface area contributed by atoms with E-state index < -0.39 is 0 Å². The third kappa shape index (κ3) is 6.96. The molecule has 0 radical (unpaired) electrons. The molecule has 9 nitrogen and oxygen atoms in total. The summed E-state index contributed by atoms with van der Waals surface area (Å²) < 4.78 is 8.04. The minimum absolute atomic E-state index is 0.462. The fourth-order valence-electron chi connectivity index (χ4n) is 5.28. The summed E-state index contributed by atoms with van der Waals surface area (Å²) in [6.45, 7) is 5.49. The average Bonchev–Trinajstić information content (AvgIpc) is 3.64. The van der Waals surface area contributed by atoms with Crippen LogP contribution >= 0.6 is 11.8 Å². The van der Waals surface area contributed by atoms with E-state index in [-0.39, 0.29) is 0 Å². The van der Waals surface area contributed by atoms with Gasteiger partial charge in [0.1, 0.15) is 5.75 Å². The summed E-state index contributed by atoms with van der Waals surface area (Å²) in [5.74, 6) is 5.47.